The number of hydrogen-bond acceptors (Lipinski definition) is 2. The van der Waals surface area contributed by atoms with Crippen molar-refractivity contribution in [2.24, 2.45) is 5.92 Å². The summed E-state index contributed by atoms with van der Waals surface area (Å²) >= 11 is 0. The Morgan fingerprint density at radius 2 is 1.88 bits per heavy atom. The molecule has 0 aromatic rings. The van der Waals surface area contributed by atoms with Crippen molar-refractivity contribution in [2.45, 2.75) is 26.2 Å². The first-order valence-electron chi connectivity index (χ1n) is 6.93. The average Bonchev–Trinajstić information content (AvgIpc) is 2.36. The van der Waals surface area contributed by atoms with Crippen LogP contribution in [0.15, 0.2) is 0 Å². The molecular formula is C13H25N3O. The van der Waals surface area contributed by atoms with Crippen LogP contribution in [0.2, 0.25) is 0 Å². The standard InChI is InChI=1S/C13H25N3O/c1-3-15-9-5-12(6-10-15)11-16-8-4-7-14(2)13(16)17/h12H,3-11H2,1-2H3. The molecule has 4 heteroatoms. The summed E-state index contributed by atoms with van der Waals surface area (Å²) in [5, 5.41) is 0. The third-order valence-electron chi connectivity index (χ3n) is 4.15. The Bertz CT molecular complexity index is 261. The van der Waals surface area contributed by atoms with E-state index in [1.807, 2.05) is 11.9 Å². The van der Waals surface area contributed by atoms with Crippen LogP contribution in [0, 0.1) is 5.92 Å². The van der Waals surface area contributed by atoms with Crippen LogP contribution >= 0.6 is 0 Å². The van der Waals surface area contributed by atoms with Crippen molar-refractivity contribution in [3.05, 3.63) is 0 Å². The van der Waals surface area contributed by atoms with Gasteiger partial charge in [0.1, 0.15) is 0 Å². The van der Waals surface area contributed by atoms with Crippen LogP contribution in [0.1, 0.15) is 26.2 Å². The molecule has 0 spiro atoms. The molecule has 2 rings (SSSR count). The maximum absolute atomic E-state index is 12.0. The van der Waals surface area contributed by atoms with Crippen LogP contribution in [0.4, 0.5) is 4.79 Å². The van der Waals surface area contributed by atoms with Gasteiger partial charge in [-0.05, 0) is 44.8 Å². The molecule has 0 unspecified atom stereocenters. The van der Waals surface area contributed by atoms with E-state index in [1.54, 1.807) is 0 Å². The Morgan fingerprint density at radius 1 is 1.18 bits per heavy atom. The summed E-state index contributed by atoms with van der Waals surface area (Å²) in [6.45, 7) is 8.65. The molecule has 2 fully saturated rings. The maximum atomic E-state index is 12.0. The van der Waals surface area contributed by atoms with Gasteiger partial charge >= 0.3 is 6.03 Å². The van der Waals surface area contributed by atoms with Crippen LogP contribution in [0.3, 0.4) is 0 Å². The van der Waals surface area contributed by atoms with Crippen molar-refractivity contribution in [1.82, 2.24) is 14.7 Å². The summed E-state index contributed by atoms with van der Waals surface area (Å²) in [5.74, 6) is 0.716. The van der Waals surface area contributed by atoms with Crippen LogP contribution in [-0.4, -0.2) is 67.0 Å². The van der Waals surface area contributed by atoms with Gasteiger partial charge in [-0.3, -0.25) is 0 Å². The first-order valence-corrected chi connectivity index (χ1v) is 6.93. The molecule has 0 atom stereocenters. The lowest BCUT2D eigenvalue weighted by molar-refractivity contribution is 0.114. The molecule has 0 aromatic carbocycles. The minimum Gasteiger partial charge on any atom is -0.328 e. The average molecular weight is 239 g/mol. The molecule has 98 valence electrons. The van der Waals surface area contributed by atoms with Crippen molar-refractivity contribution >= 4 is 6.03 Å². The number of carbonyl (C=O) groups is 1. The first-order chi connectivity index (χ1) is 8.20. The lowest BCUT2D eigenvalue weighted by Crippen LogP contribution is -2.50. The van der Waals surface area contributed by atoms with E-state index in [4.69, 9.17) is 0 Å². The molecule has 4 nitrogen and oxygen atoms in total. The third kappa shape index (κ3) is 3.12. The zero-order chi connectivity index (χ0) is 12.3. The number of nitrogens with zero attached hydrogens (tertiary/aromatic N) is 3. The van der Waals surface area contributed by atoms with Crippen LogP contribution in [0.5, 0.6) is 0 Å². The number of amides is 2. The number of hydrogen-bond donors (Lipinski definition) is 0. The van der Waals surface area contributed by atoms with Crippen LogP contribution in [-0.2, 0) is 0 Å². The predicted octanol–water partition coefficient (Wildman–Crippen LogP) is 1.48. The van der Waals surface area contributed by atoms with Gasteiger partial charge in [0.2, 0.25) is 0 Å². The Labute approximate surface area is 105 Å². The van der Waals surface area contributed by atoms with Gasteiger partial charge in [0.05, 0.1) is 0 Å². The summed E-state index contributed by atoms with van der Waals surface area (Å²) in [6, 6.07) is 0.231. The molecule has 0 radical (unpaired) electrons. The number of urea groups is 1. The highest BCUT2D eigenvalue weighted by atomic mass is 16.2. The second-order valence-corrected chi connectivity index (χ2v) is 5.38. The minimum absolute atomic E-state index is 0.231. The van der Waals surface area contributed by atoms with Crippen molar-refractivity contribution in [3.8, 4) is 0 Å². The second kappa shape index (κ2) is 5.71. The number of likely N-dealkylation sites (tertiary alicyclic amines) is 1. The summed E-state index contributed by atoms with van der Waals surface area (Å²) in [6.07, 6.45) is 3.62. The van der Waals surface area contributed by atoms with E-state index < -0.39 is 0 Å². The molecule has 0 N–H and O–H groups in total. The highest BCUT2D eigenvalue weighted by molar-refractivity contribution is 5.74. The summed E-state index contributed by atoms with van der Waals surface area (Å²) in [4.78, 5) is 18.4. The lowest BCUT2D eigenvalue weighted by atomic mass is 9.96. The number of carbonyl (C=O) groups excluding carboxylic acids is 1. The van der Waals surface area contributed by atoms with Crippen molar-refractivity contribution in [3.63, 3.8) is 0 Å². The molecule has 2 aliphatic rings. The fraction of sp³-hybridized carbons (Fsp3) is 0.923. The lowest BCUT2D eigenvalue weighted by Gasteiger charge is -2.38. The number of piperidine rings is 1. The molecule has 2 saturated heterocycles. The largest absolute Gasteiger partial charge is 0.328 e. The molecule has 0 saturated carbocycles. The second-order valence-electron chi connectivity index (χ2n) is 5.38. The van der Waals surface area contributed by atoms with Crippen LogP contribution < -0.4 is 0 Å². The van der Waals surface area contributed by atoms with E-state index in [0.29, 0.717) is 5.92 Å². The van der Waals surface area contributed by atoms with E-state index in [2.05, 4.69) is 16.7 Å². The summed E-state index contributed by atoms with van der Waals surface area (Å²) < 4.78 is 0. The van der Waals surface area contributed by atoms with Gasteiger partial charge in [-0.25, -0.2) is 4.79 Å². The fourth-order valence-electron chi connectivity index (χ4n) is 2.90. The van der Waals surface area contributed by atoms with Gasteiger partial charge < -0.3 is 14.7 Å². The molecular weight excluding hydrogens is 214 g/mol. The summed E-state index contributed by atoms with van der Waals surface area (Å²) in [7, 11) is 1.91. The fourth-order valence-corrected chi connectivity index (χ4v) is 2.90. The zero-order valence-corrected chi connectivity index (χ0v) is 11.2. The predicted molar refractivity (Wildman–Crippen MR) is 69.1 cm³/mol. The van der Waals surface area contributed by atoms with Crippen molar-refractivity contribution in [2.75, 3.05) is 46.3 Å². The van der Waals surface area contributed by atoms with Crippen molar-refractivity contribution < 1.29 is 4.79 Å². The Hall–Kier alpha value is -0.770. The van der Waals surface area contributed by atoms with E-state index in [1.165, 1.54) is 25.9 Å². The quantitative estimate of drug-likeness (QED) is 0.746. The third-order valence-corrected chi connectivity index (χ3v) is 4.15. The smallest absolute Gasteiger partial charge is 0.319 e. The molecule has 0 aromatic heterocycles. The molecule has 2 heterocycles. The molecule has 0 bridgehead atoms. The first kappa shape index (κ1) is 12.7. The number of rotatable bonds is 3. The monoisotopic (exact) mass is 239 g/mol. The Morgan fingerprint density at radius 3 is 2.53 bits per heavy atom. The zero-order valence-electron chi connectivity index (χ0n) is 11.2. The van der Waals surface area contributed by atoms with E-state index in [0.717, 1.165) is 32.6 Å². The van der Waals surface area contributed by atoms with Gasteiger partial charge in [0, 0.05) is 26.7 Å². The molecule has 2 amide bonds. The van der Waals surface area contributed by atoms with Gasteiger partial charge in [0.25, 0.3) is 0 Å². The highest BCUT2D eigenvalue weighted by Crippen LogP contribution is 2.20. The molecule has 17 heavy (non-hydrogen) atoms. The van der Waals surface area contributed by atoms with Gasteiger partial charge in [-0.15, -0.1) is 0 Å². The Balaban J connectivity index is 1.79. The van der Waals surface area contributed by atoms with Gasteiger partial charge in [-0.1, -0.05) is 6.92 Å². The topological polar surface area (TPSA) is 26.8 Å². The van der Waals surface area contributed by atoms with Gasteiger partial charge in [0.15, 0.2) is 0 Å². The Kier molecular flexibility index (Phi) is 4.26. The van der Waals surface area contributed by atoms with Crippen molar-refractivity contribution in [1.29, 1.82) is 0 Å². The van der Waals surface area contributed by atoms with E-state index >= 15 is 0 Å². The van der Waals surface area contributed by atoms with Gasteiger partial charge in [-0.2, -0.15) is 0 Å². The highest BCUT2D eigenvalue weighted by Gasteiger charge is 2.26. The minimum atomic E-state index is 0.231. The van der Waals surface area contributed by atoms with Crippen LogP contribution in [0.25, 0.3) is 0 Å². The summed E-state index contributed by atoms with van der Waals surface area (Å²) in [5.41, 5.74) is 0. The SMILES string of the molecule is CCN1CCC(CN2CCCN(C)C2=O)CC1. The molecule has 2 aliphatic heterocycles. The van der Waals surface area contributed by atoms with E-state index in [-0.39, 0.29) is 6.03 Å². The van der Waals surface area contributed by atoms with E-state index in [9.17, 15) is 4.79 Å². The molecule has 0 aliphatic carbocycles. The maximum Gasteiger partial charge on any atom is 0.319 e. The normalized spacial score (nSPS) is 24.5.